The van der Waals surface area contributed by atoms with Crippen LogP contribution in [0.2, 0.25) is 0 Å². The predicted molar refractivity (Wildman–Crippen MR) is 113 cm³/mol. The highest BCUT2D eigenvalue weighted by Gasteiger charge is 2.13. The molecule has 0 saturated heterocycles. The van der Waals surface area contributed by atoms with Gasteiger partial charge in [-0.1, -0.05) is 60.7 Å². The van der Waals surface area contributed by atoms with E-state index in [9.17, 15) is 9.59 Å². The largest absolute Gasteiger partial charge is 0.347 e. The van der Waals surface area contributed by atoms with Gasteiger partial charge in [-0.2, -0.15) is 4.80 Å². The molecule has 1 N–H and O–H groups in total. The maximum absolute atomic E-state index is 12.4. The number of carbonyl (C=O) groups excluding carboxylic acids is 2. The van der Waals surface area contributed by atoms with E-state index in [4.69, 9.17) is 0 Å². The Labute approximate surface area is 175 Å². The third kappa shape index (κ3) is 6.23. The van der Waals surface area contributed by atoms with Gasteiger partial charge in [-0.3, -0.25) is 9.59 Å². The summed E-state index contributed by atoms with van der Waals surface area (Å²) in [4.78, 5) is 27.7. The van der Waals surface area contributed by atoms with Gasteiger partial charge in [0, 0.05) is 25.1 Å². The van der Waals surface area contributed by atoms with Crippen molar-refractivity contribution in [2.45, 2.75) is 32.9 Å². The highest BCUT2D eigenvalue weighted by molar-refractivity contribution is 5.84. The Morgan fingerprint density at radius 1 is 1.03 bits per heavy atom. The van der Waals surface area contributed by atoms with Crippen LogP contribution in [0.3, 0.4) is 0 Å². The summed E-state index contributed by atoms with van der Waals surface area (Å²) < 4.78 is 0. The number of benzene rings is 2. The number of carbonyl (C=O) groups is 2. The summed E-state index contributed by atoms with van der Waals surface area (Å²) in [6, 6.07) is 19.4. The number of hydrogen-bond acceptors (Lipinski definition) is 5. The summed E-state index contributed by atoms with van der Waals surface area (Å²) in [5.74, 6) is 0.298. The van der Waals surface area contributed by atoms with Crippen molar-refractivity contribution in [3.8, 4) is 11.4 Å². The van der Waals surface area contributed by atoms with Gasteiger partial charge < -0.3 is 10.2 Å². The second-order valence-electron chi connectivity index (χ2n) is 6.85. The van der Waals surface area contributed by atoms with E-state index in [0.29, 0.717) is 38.3 Å². The van der Waals surface area contributed by atoms with Gasteiger partial charge in [0.05, 0.1) is 13.1 Å². The number of aromatic nitrogens is 4. The van der Waals surface area contributed by atoms with Crippen LogP contribution in [0.4, 0.5) is 0 Å². The van der Waals surface area contributed by atoms with Crippen LogP contribution in [0.5, 0.6) is 0 Å². The number of nitrogens with one attached hydrogen (secondary N) is 1. The van der Waals surface area contributed by atoms with Crippen molar-refractivity contribution >= 4 is 11.8 Å². The van der Waals surface area contributed by atoms with E-state index in [-0.39, 0.29) is 18.4 Å². The van der Waals surface area contributed by atoms with Gasteiger partial charge >= 0.3 is 0 Å². The molecule has 0 unspecified atom stereocenters. The molecule has 1 heterocycles. The quantitative estimate of drug-likeness (QED) is 0.558. The van der Waals surface area contributed by atoms with Crippen molar-refractivity contribution in [3.63, 3.8) is 0 Å². The first-order valence-corrected chi connectivity index (χ1v) is 10.1. The summed E-state index contributed by atoms with van der Waals surface area (Å²) in [5, 5.41) is 15.1. The molecule has 3 aromatic rings. The summed E-state index contributed by atoms with van der Waals surface area (Å²) in [6.07, 6.45) is 0.854. The second-order valence-corrected chi connectivity index (χ2v) is 6.85. The zero-order valence-electron chi connectivity index (χ0n) is 17.1. The van der Waals surface area contributed by atoms with E-state index in [0.717, 1.165) is 11.1 Å². The normalized spacial score (nSPS) is 10.6. The lowest BCUT2D eigenvalue weighted by Crippen LogP contribution is -2.39. The van der Waals surface area contributed by atoms with E-state index in [2.05, 4.69) is 20.7 Å². The lowest BCUT2D eigenvalue weighted by Gasteiger charge is -2.21. The van der Waals surface area contributed by atoms with Crippen LogP contribution >= 0.6 is 0 Å². The first-order valence-electron chi connectivity index (χ1n) is 10.1. The minimum Gasteiger partial charge on any atom is -0.347 e. The minimum absolute atomic E-state index is 0.000756. The number of nitrogens with zero attached hydrogens (tertiary/aromatic N) is 5. The molecule has 0 atom stereocenters. The average molecular weight is 406 g/mol. The van der Waals surface area contributed by atoms with E-state index in [1.165, 1.54) is 4.80 Å². The van der Waals surface area contributed by atoms with Gasteiger partial charge in [-0.25, -0.2) is 0 Å². The zero-order chi connectivity index (χ0) is 21.2. The van der Waals surface area contributed by atoms with Crippen LogP contribution in [0.25, 0.3) is 11.4 Å². The molecular weight excluding hydrogens is 380 g/mol. The standard InChI is InChI=1S/C22H26N6O2/c1-2-27(17-18-10-5-3-6-11-18)21(30)16-23-20(29)14-9-15-28-25-22(24-26-28)19-12-7-4-8-13-19/h3-8,10-13H,2,9,14-17H2,1H3,(H,23,29). The molecule has 2 amide bonds. The van der Waals surface area contributed by atoms with Gasteiger partial charge in [-0.05, 0) is 24.1 Å². The fraction of sp³-hybridized carbons (Fsp3) is 0.318. The van der Waals surface area contributed by atoms with Crippen molar-refractivity contribution in [2.75, 3.05) is 13.1 Å². The van der Waals surface area contributed by atoms with Crippen LogP contribution in [-0.2, 0) is 22.7 Å². The maximum atomic E-state index is 12.4. The molecule has 1 aromatic heterocycles. The fourth-order valence-corrected chi connectivity index (χ4v) is 2.98. The monoisotopic (exact) mass is 406 g/mol. The van der Waals surface area contributed by atoms with E-state index in [1.54, 1.807) is 4.90 Å². The Bertz CT molecular complexity index is 943. The SMILES string of the molecule is CCN(Cc1ccccc1)C(=O)CNC(=O)CCCn1nnc(-c2ccccc2)n1. The lowest BCUT2D eigenvalue weighted by atomic mass is 10.2. The molecule has 0 aliphatic heterocycles. The first-order chi connectivity index (χ1) is 14.7. The van der Waals surface area contributed by atoms with Gasteiger partial charge in [0.15, 0.2) is 0 Å². The molecule has 0 spiro atoms. The lowest BCUT2D eigenvalue weighted by molar-refractivity contribution is -0.133. The number of tetrazole rings is 1. The maximum Gasteiger partial charge on any atom is 0.242 e. The Balaban J connectivity index is 1.38. The average Bonchev–Trinajstić information content (AvgIpc) is 3.26. The molecule has 156 valence electrons. The number of likely N-dealkylation sites (N-methyl/N-ethyl adjacent to an activating group) is 1. The van der Waals surface area contributed by atoms with Crippen molar-refractivity contribution in [1.82, 2.24) is 30.4 Å². The second kappa shape index (κ2) is 10.8. The van der Waals surface area contributed by atoms with Gasteiger partial charge in [0.25, 0.3) is 0 Å². The predicted octanol–water partition coefficient (Wildman–Crippen LogP) is 2.29. The van der Waals surface area contributed by atoms with Crippen LogP contribution in [0.15, 0.2) is 60.7 Å². The van der Waals surface area contributed by atoms with Gasteiger partial charge in [0.1, 0.15) is 0 Å². The summed E-state index contributed by atoms with van der Waals surface area (Å²) in [5.41, 5.74) is 1.96. The molecule has 0 aliphatic carbocycles. The van der Waals surface area contributed by atoms with E-state index in [1.807, 2.05) is 67.6 Å². The Kier molecular flexibility index (Phi) is 7.65. The molecule has 2 aromatic carbocycles. The third-order valence-electron chi connectivity index (χ3n) is 4.63. The van der Waals surface area contributed by atoms with Crippen molar-refractivity contribution in [2.24, 2.45) is 0 Å². The molecule has 0 saturated carbocycles. The molecule has 30 heavy (non-hydrogen) atoms. The molecule has 0 radical (unpaired) electrons. The molecule has 8 heteroatoms. The molecule has 3 rings (SSSR count). The number of amides is 2. The minimum atomic E-state index is -0.164. The summed E-state index contributed by atoms with van der Waals surface area (Å²) in [6.45, 7) is 3.53. The summed E-state index contributed by atoms with van der Waals surface area (Å²) in [7, 11) is 0. The topological polar surface area (TPSA) is 93.0 Å². The van der Waals surface area contributed by atoms with Crippen LogP contribution in [-0.4, -0.2) is 50.0 Å². The van der Waals surface area contributed by atoms with Crippen LogP contribution in [0.1, 0.15) is 25.3 Å². The van der Waals surface area contributed by atoms with Crippen molar-refractivity contribution < 1.29 is 9.59 Å². The molecule has 0 fully saturated rings. The Hall–Kier alpha value is -3.55. The molecule has 0 aliphatic rings. The zero-order valence-corrected chi connectivity index (χ0v) is 17.1. The Morgan fingerprint density at radius 3 is 2.43 bits per heavy atom. The van der Waals surface area contributed by atoms with Crippen molar-refractivity contribution in [3.05, 3.63) is 66.2 Å². The molecule has 8 nitrogen and oxygen atoms in total. The van der Waals surface area contributed by atoms with Gasteiger partial charge in [0.2, 0.25) is 17.6 Å². The van der Waals surface area contributed by atoms with Crippen LogP contribution in [0, 0.1) is 0 Å². The first kappa shape index (κ1) is 21.2. The highest BCUT2D eigenvalue weighted by Crippen LogP contribution is 2.12. The fourth-order valence-electron chi connectivity index (χ4n) is 2.98. The van der Waals surface area contributed by atoms with E-state index < -0.39 is 0 Å². The van der Waals surface area contributed by atoms with E-state index >= 15 is 0 Å². The Morgan fingerprint density at radius 2 is 1.73 bits per heavy atom. The highest BCUT2D eigenvalue weighted by atomic mass is 16.2. The summed E-state index contributed by atoms with van der Waals surface area (Å²) >= 11 is 0. The molecule has 0 bridgehead atoms. The smallest absolute Gasteiger partial charge is 0.242 e. The van der Waals surface area contributed by atoms with Crippen molar-refractivity contribution in [1.29, 1.82) is 0 Å². The number of hydrogen-bond donors (Lipinski definition) is 1. The number of rotatable bonds is 10. The van der Waals surface area contributed by atoms with Crippen LogP contribution < -0.4 is 5.32 Å². The molecular formula is C22H26N6O2. The third-order valence-corrected chi connectivity index (χ3v) is 4.63. The number of aryl methyl sites for hydroxylation is 1. The van der Waals surface area contributed by atoms with Gasteiger partial charge in [-0.15, -0.1) is 10.2 Å².